The van der Waals surface area contributed by atoms with E-state index < -0.39 is 11.6 Å². The molecule has 1 aromatic carbocycles. The molecule has 4 saturated carbocycles. The first-order valence-electron chi connectivity index (χ1n) is 21.9. The fourth-order valence-corrected chi connectivity index (χ4v) is 14.5. The van der Waals surface area contributed by atoms with Gasteiger partial charge in [-0.3, -0.25) is 24.6 Å². The summed E-state index contributed by atoms with van der Waals surface area (Å²) in [6.07, 6.45) is 13.1. The molecule has 2 N–H and O–H groups in total. The van der Waals surface area contributed by atoms with Crippen LogP contribution in [0.4, 0.5) is 0 Å². The van der Waals surface area contributed by atoms with Crippen molar-refractivity contribution in [3.8, 4) is 0 Å². The number of ether oxygens (including phenoxy) is 2. The molecule has 11 atom stereocenters. The van der Waals surface area contributed by atoms with E-state index in [9.17, 15) is 14.7 Å². The van der Waals surface area contributed by atoms with Crippen LogP contribution in [0.5, 0.6) is 0 Å². The number of rotatable bonds is 9. The number of hydrogen-bond donors (Lipinski definition) is 2. The molecule has 3 saturated heterocycles. The van der Waals surface area contributed by atoms with Crippen LogP contribution in [0, 0.1) is 62.1 Å². The van der Waals surface area contributed by atoms with E-state index in [1.165, 1.54) is 5.57 Å². The topological polar surface area (TPSA) is 105 Å². The number of carbonyl (C=O) groups excluding carboxylic acids is 3. The Hall–Kier alpha value is -2.81. The number of nitrogens with one attached hydrogen (secondary N) is 1. The molecule has 0 radical (unpaired) electrons. The molecule has 0 amide bonds. The minimum Gasteiger partial charge on any atom is -0.460 e. The SMILES string of the molecule is C=C[C@]1(C(=O)OCc2ccccc2)CCC2(C)CC[C@]3(C)C(=CC(=O)[C@@H]4C5(C)CC[C@H](C(O)NCC(=O)OC6CN7CCC6CC7)C(C)(C)C5CC[C@]43C)[C@@H]2C1. The van der Waals surface area contributed by atoms with E-state index in [1.807, 2.05) is 36.4 Å². The van der Waals surface area contributed by atoms with Crippen LogP contribution >= 0.6 is 0 Å². The average Bonchev–Trinajstić information content (AvgIpc) is 3.17. The van der Waals surface area contributed by atoms with Crippen LogP contribution < -0.4 is 5.32 Å². The lowest BCUT2D eigenvalue weighted by atomic mass is 9.33. The van der Waals surface area contributed by atoms with Gasteiger partial charge in [-0.05, 0) is 140 Å². The van der Waals surface area contributed by atoms with Gasteiger partial charge in [-0.25, -0.2) is 0 Å². The highest BCUT2D eigenvalue weighted by Gasteiger charge is 2.70. The minimum atomic E-state index is -0.833. The lowest BCUT2D eigenvalue weighted by Crippen LogP contribution is -2.67. The number of fused-ring (bicyclic) bond motifs is 10. The van der Waals surface area contributed by atoms with Crippen LogP contribution in [-0.4, -0.2) is 66.2 Å². The number of ketones is 1. The standard InChI is InChI=1S/C48H68N2O6/c1-8-48(42(54)55-30-31-12-10-9-11-13-31)23-21-44(4)20-22-46(6)34(35(44)27-48)26-36(51)40-45(5)18-14-33(43(2,3)38(45)15-19-47(40,46)7)41(53)49-28-39(52)56-37-29-50-24-16-32(37)17-25-50/h8-13,26,32-33,35,37-38,40-41,49,53H,1,14-25,27-30H2,2-7H3/t33-,35+,37?,38?,40-,41?,44?,45?,46-,47-,48+/m1/s1. The zero-order chi connectivity index (χ0) is 39.9. The maximum atomic E-state index is 15.0. The van der Waals surface area contributed by atoms with Crippen LogP contribution in [0.2, 0.25) is 0 Å². The first-order valence-corrected chi connectivity index (χ1v) is 21.9. The zero-order valence-electron chi connectivity index (χ0n) is 35.0. The van der Waals surface area contributed by atoms with Gasteiger partial charge < -0.3 is 14.6 Å². The predicted molar refractivity (Wildman–Crippen MR) is 217 cm³/mol. The number of benzene rings is 1. The molecule has 1 aromatic rings. The Balaban J connectivity index is 0.998. The van der Waals surface area contributed by atoms with E-state index in [-0.39, 0.29) is 87.7 Å². The molecule has 7 fully saturated rings. The van der Waals surface area contributed by atoms with Crippen molar-refractivity contribution in [1.82, 2.24) is 10.2 Å². The molecule has 3 aliphatic heterocycles. The van der Waals surface area contributed by atoms with Gasteiger partial charge in [0.05, 0.1) is 12.0 Å². The van der Waals surface area contributed by atoms with E-state index in [0.717, 1.165) is 83.0 Å². The molecule has 0 aromatic heterocycles. The number of aliphatic hydroxyl groups is 1. The molecule has 8 heteroatoms. The molecule has 8 aliphatic rings. The van der Waals surface area contributed by atoms with Crippen molar-refractivity contribution in [3.63, 3.8) is 0 Å². The van der Waals surface area contributed by atoms with Crippen molar-refractivity contribution in [2.45, 2.75) is 131 Å². The Morgan fingerprint density at radius 1 is 0.964 bits per heavy atom. The van der Waals surface area contributed by atoms with Gasteiger partial charge in [0.2, 0.25) is 0 Å². The number of nitrogens with zero attached hydrogens (tertiary/aromatic N) is 1. The highest BCUT2D eigenvalue weighted by molar-refractivity contribution is 5.95. The third kappa shape index (κ3) is 6.20. The van der Waals surface area contributed by atoms with E-state index in [0.29, 0.717) is 18.8 Å². The summed E-state index contributed by atoms with van der Waals surface area (Å²) in [5.74, 6) is 0.365. The predicted octanol–water partition coefficient (Wildman–Crippen LogP) is 8.04. The van der Waals surface area contributed by atoms with E-state index in [4.69, 9.17) is 9.47 Å². The molecule has 306 valence electrons. The van der Waals surface area contributed by atoms with Gasteiger partial charge in [-0.2, -0.15) is 0 Å². The number of carbonyl (C=O) groups is 3. The maximum Gasteiger partial charge on any atom is 0.320 e. The Labute approximate surface area is 335 Å². The Morgan fingerprint density at radius 3 is 2.36 bits per heavy atom. The number of allylic oxidation sites excluding steroid dienone is 2. The highest BCUT2D eigenvalue weighted by Crippen LogP contribution is 2.75. The van der Waals surface area contributed by atoms with E-state index in [1.54, 1.807) is 0 Å². The highest BCUT2D eigenvalue weighted by atomic mass is 16.5. The second kappa shape index (κ2) is 14.2. The molecular weight excluding hydrogens is 701 g/mol. The molecular formula is C48H68N2O6. The van der Waals surface area contributed by atoms with E-state index >= 15 is 4.79 Å². The summed E-state index contributed by atoms with van der Waals surface area (Å²) in [6, 6.07) is 9.85. The minimum absolute atomic E-state index is 0.00197. The van der Waals surface area contributed by atoms with Crippen LogP contribution in [-0.2, 0) is 30.5 Å². The molecule has 2 bridgehead atoms. The van der Waals surface area contributed by atoms with Crippen LogP contribution in [0.3, 0.4) is 0 Å². The van der Waals surface area contributed by atoms with Crippen LogP contribution in [0.25, 0.3) is 0 Å². The summed E-state index contributed by atoms with van der Waals surface area (Å²) in [7, 11) is 0. The molecule has 9 rings (SSSR count). The third-order valence-electron chi connectivity index (χ3n) is 18.2. The lowest BCUT2D eigenvalue weighted by molar-refractivity contribution is -0.202. The monoisotopic (exact) mass is 769 g/mol. The summed E-state index contributed by atoms with van der Waals surface area (Å²) < 4.78 is 11.9. The van der Waals surface area contributed by atoms with Crippen molar-refractivity contribution in [2.24, 2.45) is 62.1 Å². The summed E-state index contributed by atoms with van der Waals surface area (Å²) in [5, 5.41) is 14.8. The van der Waals surface area contributed by atoms with Crippen LogP contribution in [0.15, 0.2) is 54.6 Å². The molecule has 5 unspecified atom stereocenters. The quantitative estimate of drug-likeness (QED) is 0.148. The van der Waals surface area contributed by atoms with Gasteiger partial charge in [-0.1, -0.05) is 83.5 Å². The van der Waals surface area contributed by atoms with Crippen molar-refractivity contribution in [3.05, 3.63) is 60.2 Å². The van der Waals surface area contributed by atoms with Gasteiger partial charge in [0, 0.05) is 18.4 Å². The maximum absolute atomic E-state index is 15.0. The molecule has 0 spiro atoms. The zero-order valence-corrected chi connectivity index (χ0v) is 35.0. The number of piperidine rings is 3. The summed E-state index contributed by atoms with van der Waals surface area (Å²) in [5.41, 5.74) is 0.539. The Kier molecular flexibility index (Phi) is 10.1. The normalized spacial score (nSPS) is 44.2. The molecule has 3 heterocycles. The second-order valence-corrected chi connectivity index (χ2v) is 21.1. The summed E-state index contributed by atoms with van der Waals surface area (Å²) >= 11 is 0. The van der Waals surface area contributed by atoms with Crippen LogP contribution in [0.1, 0.15) is 118 Å². The smallest absolute Gasteiger partial charge is 0.320 e. The summed E-state index contributed by atoms with van der Waals surface area (Å²) in [6.45, 7) is 21.7. The first-order chi connectivity index (χ1) is 26.5. The lowest BCUT2D eigenvalue weighted by Gasteiger charge is -2.71. The number of aliphatic hydroxyl groups excluding tert-OH is 1. The first kappa shape index (κ1) is 40.0. The van der Waals surface area contributed by atoms with Crippen molar-refractivity contribution < 1.29 is 29.0 Å². The Morgan fingerprint density at radius 2 is 1.68 bits per heavy atom. The molecule has 8 nitrogen and oxygen atoms in total. The largest absolute Gasteiger partial charge is 0.460 e. The average molecular weight is 769 g/mol. The molecule has 56 heavy (non-hydrogen) atoms. The van der Waals surface area contributed by atoms with Gasteiger partial charge in [0.25, 0.3) is 0 Å². The fourth-order valence-electron chi connectivity index (χ4n) is 14.5. The van der Waals surface area contributed by atoms with Gasteiger partial charge in [0.1, 0.15) is 18.9 Å². The third-order valence-corrected chi connectivity index (χ3v) is 18.2. The van der Waals surface area contributed by atoms with Gasteiger partial charge in [0.15, 0.2) is 5.78 Å². The fraction of sp³-hybridized carbons (Fsp3) is 0.729. The van der Waals surface area contributed by atoms with Crippen molar-refractivity contribution >= 4 is 17.7 Å². The Bertz CT molecular complexity index is 1750. The molecule has 5 aliphatic carbocycles. The second-order valence-electron chi connectivity index (χ2n) is 21.1. The summed E-state index contributed by atoms with van der Waals surface area (Å²) in [4.78, 5) is 44.4. The van der Waals surface area contributed by atoms with Crippen molar-refractivity contribution in [1.29, 1.82) is 0 Å². The van der Waals surface area contributed by atoms with E-state index in [2.05, 4.69) is 64.4 Å². The number of esters is 2. The van der Waals surface area contributed by atoms with Gasteiger partial charge in [-0.15, -0.1) is 6.58 Å². The van der Waals surface area contributed by atoms with Gasteiger partial charge >= 0.3 is 11.9 Å². The number of hydrogen-bond acceptors (Lipinski definition) is 8. The van der Waals surface area contributed by atoms with Crippen molar-refractivity contribution in [2.75, 3.05) is 26.2 Å².